The molecule has 0 aromatic heterocycles. The van der Waals surface area contributed by atoms with E-state index in [-0.39, 0.29) is 13.1 Å². The molecule has 2 N–H and O–H groups in total. The summed E-state index contributed by atoms with van der Waals surface area (Å²) in [7, 11) is -2.28. The SMILES string of the molecule is COc1ccc2cc(C#Cc3ccc(N4CCN(S(=O)(=O)NC(C)C(=O)O)CC4)cc3)cc(C#N)c2c1. The summed E-state index contributed by atoms with van der Waals surface area (Å²) in [5.74, 6) is 5.74. The van der Waals surface area contributed by atoms with Crippen molar-refractivity contribution in [2.24, 2.45) is 0 Å². The number of carbonyl (C=O) groups is 1. The maximum atomic E-state index is 12.4. The minimum Gasteiger partial charge on any atom is -0.497 e. The van der Waals surface area contributed by atoms with Crippen molar-refractivity contribution in [2.75, 3.05) is 38.2 Å². The van der Waals surface area contributed by atoms with Gasteiger partial charge in [-0.05, 0) is 60.8 Å². The second kappa shape index (κ2) is 10.9. The number of nitriles is 1. The third kappa shape index (κ3) is 6.01. The van der Waals surface area contributed by atoms with Gasteiger partial charge in [-0.15, -0.1) is 0 Å². The number of rotatable bonds is 6. The van der Waals surface area contributed by atoms with Gasteiger partial charge in [-0.25, -0.2) is 0 Å². The van der Waals surface area contributed by atoms with E-state index in [4.69, 9.17) is 9.84 Å². The van der Waals surface area contributed by atoms with Crippen LogP contribution in [0.4, 0.5) is 5.69 Å². The minimum absolute atomic E-state index is 0.248. The van der Waals surface area contributed by atoms with Crippen LogP contribution in [0.15, 0.2) is 54.6 Å². The highest BCUT2D eigenvalue weighted by atomic mass is 32.2. The summed E-state index contributed by atoms with van der Waals surface area (Å²) in [5, 5.41) is 20.3. The number of piperazine rings is 1. The third-order valence-electron chi connectivity index (χ3n) is 6.14. The molecule has 4 rings (SSSR count). The fraction of sp³-hybridized carbons (Fsp3) is 0.259. The molecular weight excluding hydrogens is 492 g/mol. The van der Waals surface area contributed by atoms with Gasteiger partial charge in [0.2, 0.25) is 0 Å². The lowest BCUT2D eigenvalue weighted by Gasteiger charge is -2.35. The van der Waals surface area contributed by atoms with E-state index < -0.39 is 22.2 Å². The Labute approximate surface area is 216 Å². The highest BCUT2D eigenvalue weighted by molar-refractivity contribution is 7.87. The first-order chi connectivity index (χ1) is 17.7. The molecule has 1 atom stereocenters. The first kappa shape index (κ1) is 26.0. The van der Waals surface area contributed by atoms with Crippen molar-refractivity contribution in [3.63, 3.8) is 0 Å². The van der Waals surface area contributed by atoms with Crippen LogP contribution in [0, 0.1) is 23.2 Å². The van der Waals surface area contributed by atoms with Gasteiger partial charge in [-0.3, -0.25) is 4.79 Å². The smallest absolute Gasteiger partial charge is 0.321 e. The molecule has 1 fully saturated rings. The number of ether oxygens (including phenoxy) is 1. The first-order valence-electron chi connectivity index (χ1n) is 11.6. The molecule has 0 spiro atoms. The van der Waals surface area contributed by atoms with Crippen molar-refractivity contribution >= 4 is 32.6 Å². The van der Waals surface area contributed by atoms with E-state index in [9.17, 15) is 18.5 Å². The Morgan fingerprint density at radius 3 is 2.32 bits per heavy atom. The number of methoxy groups -OCH3 is 1. The topological polar surface area (TPSA) is 123 Å². The molecule has 0 aliphatic carbocycles. The number of nitrogens with zero attached hydrogens (tertiary/aromatic N) is 3. The predicted molar refractivity (Wildman–Crippen MR) is 141 cm³/mol. The van der Waals surface area contributed by atoms with Crippen LogP contribution in [0.2, 0.25) is 0 Å². The molecule has 0 bridgehead atoms. The number of anilines is 1. The molecule has 3 aromatic rings. The number of hydrogen-bond donors (Lipinski definition) is 2. The Kier molecular flexibility index (Phi) is 7.65. The molecule has 0 saturated carbocycles. The highest BCUT2D eigenvalue weighted by Gasteiger charge is 2.29. The van der Waals surface area contributed by atoms with E-state index in [2.05, 4.69) is 27.5 Å². The zero-order chi connectivity index (χ0) is 26.6. The van der Waals surface area contributed by atoms with Crippen LogP contribution in [-0.2, 0) is 15.0 Å². The van der Waals surface area contributed by atoms with Gasteiger partial charge < -0.3 is 14.7 Å². The van der Waals surface area contributed by atoms with Crippen LogP contribution < -0.4 is 14.4 Å². The molecule has 0 amide bonds. The van der Waals surface area contributed by atoms with E-state index >= 15 is 0 Å². The lowest BCUT2D eigenvalue weighted by Crippen LogP contribution is -2.54. The van der Waals surface area contributed by atoms with Crippen LogP contribution in [0.3, 0.4) is 0 Å². The Bertz CT molecular complexity index is 1530. The summed E-state index contributed by atoms with van der Waals surface area (Å²) in [4.78, 5) is 13.0. The quantitative estimate of drug-likeness (QED) is 0.481. The average molecular weight is 519 g/mol. The summed E-state index contributed by atoms with van der Waals surface area (Å²) < 4.78 is 33.5. The van der Waals surface area contributed by atoms with Gasteiger partial charge in [0.25, 0.3) is 10.2 Å². The number of carboxylic acids is 1. The predicted octanol–water partition coefficient (Wildman–Crippen LogP) is 2.55. The van der Waals surface area contributed by atoms with Crippen molar-refractivity contribution in [3.05, 3.63) is 71.3 Å². The fourth-order valence-electron chi connectivity index (χ4n) is 4.06. The van der Waals surface area contributed by atoms with Gasteiger partial charge >= 0.3 is 5.97 Å². The van der Waals surface area contributed by atoms with Crippen molar-refractivity contribution in [2.45, 2.75) is 13.0 Å². The van der Waals surface area contributed by atoms with E-state index in [1.165, 1.54) is 11.2 Å². The maximum absolute atomic E-state index is 12.4. The number of fused-ring (bicyclic) bond motifs is 1. The van der Waals surface area contributed by atoms with Gasteiger partial charge in [0.05, 0.1) is 18.7 Å². The van der Waals surface area contributed by atoms with Crippen LogP contribution >= 0.6 is 0 Å². The van der Waals surface area contributed by atoms with Crippen molar-refractivity contribution in [3.8, 4) is 23.7 Å². The van der Waals surface area contributed by atoms with E-state index in [0.717, 1.165) is 27.6 Å². The Morgan fingerprint density at radius 1 is 1.03 bits per heavy atom. The summed E-state index contributed by atoms with van der Waals surface area (Å²) in [5.41, 5.74) is 3.03. The summed E-state index contributed by atoms with van der Waals surface area (Å²) in [6, 6.07) is 18.0. The number of carboxylic acid groups (broad SMARTS) is 1. The van der Waals surface area contributed by atoms with Crippen LogP contribution in [0.25, 0.3) is 10.8 Å². The fourth-order valence-corrected chi connectivity index (χ4v) is 5.40. The van der Waals surface area contributed by atoms with Gasteiger partial charge in [-0.1, -0.05) is 17.9 Å². The van der Waals surface area contributed by atoms with Gasteiger partial charge in [0.15, 0.2) is 0 Å². The minimum atomic E-state index is -3.86. The van der Waals surface area contributed by atoms with Crippen molar-refractivity contribution in [1.82, 2.24) is 9.03 Å². The van der Waals surface area contributed by atoms with Crippen molar-refractivity contribution in [1.29, 1.82) is 5.26 Å². The zero-order valence-corrected chi connectivity index (χ0v) is 21.2. The molecule has 0 radical (unpaired) electrons. The standard InChI is InChI=1S/C27H26N4O5S/c1-19(27(32)33)29-37(34,35)31-13-11-30(12-14-31)24-8-5-20(6-9-24)3-4-21-15-22-7-10-25(36-2)17-26(22)23(16-21)18-28/h5-10,15-17,19,29H,11-14H2,1-2H3,(H,32,33). The molecule has 1 saturated heterocycles. The van der Waals surface area contributed by atoms with E-state index in [0.29, 0.717) is 24.4 Å². The third-order valence-corrected chi connectivity index (χ3v) is 7.84. The molecule has 1 heterocycles. The van der Waals surface area contributed by atoms with E-state index in [1.54, 1.807) is 13.2 Å². The van der Waals surface area contributed by atoms with E-state index in [1.807, 2.05) is 48.5 Å². The van der Waals surface area contributed by atoms with Crippen LogP contribution in [0.5, 0.6) is 5.75 Å². The molecule has 3 aromatic carbocycles. The summed E-state index contributed by atoms with van der Waals surface area (Å²) >= 11 is 0. The zero-order valence-electron chi connectivity index (χ0n) is 20.4. The Hall–Kier alpha value is -4.09. The second-order valence-electron chi connectivity index (χ2n) is 8.59. The Balaban J connectivity index is 1.43. The maximum Gasteiger partial charge on any atom is 0.321 e. The van der Waals surface area contributed by atoms with Gasteiger partial charge in [0.1, 0.15) is 11.8 Å². The highest BCUT2D eigenvalue weighted by Crippen LogP contribution is 2.25. The molecule has 1 unspecified atom stereocenters. The average Bonchev–Trinajstić information content (AvgIpc) is 2.91. The first-order valence-corrected chi connectivity index (χ1v) is 13.0. The Morgan fingerprint density at radius 2 is 1.70 bits per heavy atom. The number of nitrogens with one attached hydrogen (secondary N) is 1. The van der Waals surface area contributed by atoms with Gasteiger partial charge in [0, 0.05) is 48.4 Å². The molecule has 10 heteroatoms. The molecule has 190 valence electrons. The number of benzene rings is 3. The van der Waals surface area contributed by atoms with Crippen molar-refractivity contribution < 1.29 is 23.1 Å². The monoisotopic (exact) mass is 518 g/mol. The largest absolute Gasteiger partial charge is 0.497 e. The van der Waals surface area contributed by atoms with Crippen LogP contribution in [0.1, 0.15) is 23.6 Å². The molecule has 1 aliphatic rings. The normalized spacial score (nSPS) is 14.9. The van der Waals surface area contributed by atoms with Crippen LogP contribution in [-0.4, -0.2) is 63.1 Å². The molecule has 9 nitrogen and oxygen atoms in total. The molecule has 1 aliphatic heterocycles. The lowest BCUT2D eigenvalue weighted by atomic mass is 10.0. The second-order valence-corrected chi connectivity index (χ2v) is 10.3. The molecular formula is C27H26N4O5S. The molecule has 37 heavy (non-hydrogen) atoms. The number of hydrogen-bond acceptors (Lipinski definition) is 6. The number of aliphatic carboxylic acids is 1. The lowest BCUT2D eigenvalue weighted by molar-refractivity contribution is -0.138. The summed E-state index contributed by atoms with van der Waals surface area (Å²) in [6.45, 7) is 2.75. The summed E-state index contributed by atoms with van der Waals surface area (Å²) in [6.07, 6.45) is 0. The van der Waals surface area contributed by atoms with Gasteiger partial charge in [-0.2, -0.15) is 22.7 Å².